The Kier molecular flexibility index (Phi) is 5.31. The van der Waals surface area contributed by atoms with Crippen LogP contribution in [-0.2, 0) is 9.59 Å². The van der Waals surface area contributed by atoms with Crippen molar-refractivity contribution >= 4 is 17.4 Å². The minimum absolute atomic E-state index is 0.0423. The number of piperidine rings is 1. The summed E-state index contributed by atoms with van der Waals surface area (Å²) in [4.78, 5) is 25.0. The maximum absolute atomic E-state index is 12.9. The van der Waals surface area contributed by atoms with Gasteiger partial charge in [-0.3, -0.25) is 9.59 Å². The largest absolute Gasteiger partial charge is 0.370 e. The van der Waals surface area contributed by atoms with Gasteiger partial charge < -0.3 is 10.6 Å². The molecule has 0 bridgehead atoms. The molecule has 118 valence electrons. The number of hydrogen-bond donors (Lipinski definition) is 1. The number of likely N-dealkylation sites (tertiary alicyclic amines) is 1. The second kappa shape index (κ2) is 7.20. The highest BCUT2D eigenvalue weighted by molar-refractivity contribution is 5.94. The molecule has 2 rings (SSSR count). The monoisotopic (exact) mass is 304 g/mol. The molecule has 0 saturated carbocycles. The predicted octanol–water partition coefficient (Wildman–Crippen LogP) is 2.34. The average Bonchev–Trinajstić information content (AvgIpc) is 2.48. The van der Waals surface area contributed by atoms with Gasteiger partial charge in [0.15, 0.2) is 0 Å². The molecule has 1 aromatic carbocycles. The van der Waals surface area contributed by atoms with Crippen LogP contribution < -0.4 is 5.73 Å². The van der Waals surface area contributed by atoms with Gasteiger partial charge >= 0.3 is 0 Å². The van der Waals surface area contributed by atoms with Crippen molar-refractivity contribution in [1.82, 2.24) is 4.90 Å². The fourth-order valence-electron chi connectivity index (χ4n) is 2.71. The average molecular weight is 304 g/mol. The third kappa shape index (κ3) is 4.41. The van der Waals surface area contributed by atoms with E-state index in [1.807, 2.05) is 6.92 Å². The molecule has 0 aliphatic carbocycles. The Morgan fingerprint density at radius 1 is 1.27 bits per heavy atom. The van der Waals surface area contributed by atoms with Crippen molar-refractivity contribution in [2.45, 2.75) is 26.2 Å². The standard InChI is InChI=1S/C17H21FN2O2/c1-12(14-2-4-15(18)5-3-14)10-17(22)20-8-6-13(7-9-20)11-16(19)21/h2-5,10,13H,6-9,11H2,1H3,(H2,19,21)/b12-10+. The van der Waals surface area contributed by atoms with Crippen molar-refractivity contribution in [3.63, 3.8) is 0 Å². The zero-order chi connectivity index (χ0) is 16.1. The zero-order valence-corrected chi connectivity index (χ0v) is 12.7. The molecule has 0 aromatic heterocycles. The first-order chi connectivity index (χ1) is 10.5. The van der Waals surface area contributed by atoms with Crippen molar-refractivity contribution in [1.29, 1.82) is 0 Å². The van der Waals surface area contributed by atoms with Crippen molar-refractivity contribution in [3.8, 4) is 0 Å². The van der Waals surface area contributed by atoms with Crippen molar-refractivity contribution in [2.75, 3.05) is 13.1 Å². The molecule has 2 amide bonds. The van der Waals surface area contributed by atoms with Crippen LogP contribution in [0.3, 0.4) is 0 Å². The molecular formula is C17H21FN2O2. The molecule has 2 N–H and O–H groups in total. The van der Waals surface area contributed by atoms with E-state index in [-0.39, 0.29) is 23.5 Å². The lowest BCUT2D eigenvalue weighted by Gasteiger charge is -2.31. The minimum Gasteiger partial charge on any atom is -0.370 e. The van der Waals surface area contributed by atoms with E-state index in [4.69, 9.17) is 5.73 Å². The minimum atomic E-state index is -0.292. The number of rotatable bonds is 4. The Bertz CT molecular complexity index is 573. The number of nitrogens with two attached hydrogens (primary N) is 1. The summed E-state index contributed by atoms with van der Waals surface area (Å²) in [6.45, 7) is 3.12. The summed E-state index contributed by atoms with van der Waals surface area (Å²) in [6, 6.07) is 6.08. The van der Waals surface area contributed by atoms with E-state index in [1.165, 1.54) is 12.1 Å². The summed E-state index contributed by atoms with van der Waals surface area (Å²) in [7, 11) is 0. The molecule has 1 aliphatic heterocycles. The smallest absolute Gasteiger partial charge is 0.246 e. The lowest BCUT2D eigenvalue weighted by Crippen LogP contribution is -2.38. The summed E-state index contributed by atoms with van der Waals surface area (Å²) < 4.78 is 12.9. The number of allylic oxidation sites excluding steroid dienone is 1. The lowest BCUT2D eigenvalue weighted by molar-refractivity contribution is -0.127. The fourth-order valence-corrected chi connectivity index (χ4v) is 2.71. The first kappa shape index (κ1) is 16.2. The molecule has 0 unspecified atom stereocenters. The summed E-state index contributed by atoms with van der Waals surface area (Å²) >= 11 is 0. The first-order valence-corrected chi connectivity index (χ1v) is 7.47. The van der Waals surface area contributed by atoms with Gasteiger partial charge in [-0.25, -0.2) is 4.39 Å². The van der Waals surface area contributed by atoms with E-state index in [9.17, 15) is 14.0 Å². The third-order valence-corrected chi connectivity index (χ3v) is 4.06. The Labute approximate surface area is 129 Å². The van der Waals surface area contributed by atoms with Gasteiger partial charge in [0.25, 0.3) is 0 Å². The van der Waals surface area contributed by atoms with Crippen LogP contribution in [0, 0.1) is 11.7 Å². The van der Waals surface area contributed by atoms with Crippen molar-refractivity contribution < 1.29 is 14.0 Å². The molecule has 1 aromatic rings. The summed E-state index contributed by atoms with van der Waals surface area (Å²) in [6.07, 6.45) is 3.59. The van der Waals surface area contributed by atoms with Gasteiger partial charge in [-0.2, -0.15) is 0 Å². The van der Waals surface area contributed by atoms with E-state index in [0.29, 0.717) is 19.5 Å². The van der Waals surface area contributed by atoms with Crippen LogP contribution in [-0.4, -0.2) is 29.8 Å². The molecule has 22 heavy (non-hydrogen) atoms. The Morgan fingerprint density at radius 3 is 2.41 bits per heavy atom. The van der Waals surface area contributed by atoms with Gasteiger partial charge in [-0.15, -0.1) is 0 Å². The highest BCUT2D eigenvalue weighted by Gasteiger charge is 2.22. The van der Waals surface area contributed by atoms with E-state index in [1.54, 1.807) is 23.1 Å². The van der Waals surface area contributed by atoms with Crippen LogP contribution in [0.4, 0.5) is 4.39 Å². The third-order valence-electron chi connectivity index (χ3n) is 4.06. The molecule has 0 atom stereocenters. The highest BCUT2D eigenvalue weighted by Crippen LogP contribution is 2.21. The zero-order valence-electron chi connectivity index (χ0n) is 12.7. The Hall–Kier alpha value is -2.17. The van der Waals surface area contributed by atoms with Crippen LogP contribution in [0.25, 0.3) is 5.57 Å². The van der Waals surface area contributed by atoms with Gasteiger partial charge in [-0.1, -0.05) is 12.1 Å². The SMILES string of the molecule is C/C(=C\C(=O)N1CCC(CC(N)=O)CC1)c1ccc(F)cc1. The fraction of sp³-hybridized carbons (Fsp3) is 0.412. The van der Waals surface area contributed by atoms with Crippen LogP contribution >= 0.6 is 0 Å². The lowest BCUT2D eigenvalue weighted by atomic mass is 9.93. The summed E-state index contributed by atoms with van der Waals surface area (Å²) in [5.74, 6) is -0.334. The van der Waals surface area contributed by atoms with Gasteiger partial charge in [0.05, 0.1) is 0 Å². The van der Waals surface area contributed by atoms with Crippen LogP contribution in [0.1, 0.15) is 31.7 Å². The van der Waals surface area contributed by atoms with Crippen LogP contribution in [0.2, 0.25) is 0 Å². The number of hydrogen-bond acceptors (Lipinski definition) is 2. The molecule has 1 fully saturated rings. The second-order valence-corrected chi connectivity index (χ2v) is 5.77. The van der Waals surface area contributed by atoms with E-state index in [0.717, 1.165) is 24.0 Å². The van der Waals surface area contributed by atoms with Gasteiger partial charge in [0, 0.05) is 25.6 Å². The van der Waals surface area contributed by atoms with Gasteiger partial charge in [0.1, 0.15) is 5.82 Å². The molecule has 1 saturated heterocycles. The molecule has 0 spiro atoms. The molecule has 1 heterocycles. The van der Waals surface area contributed by atoms with Gasteiger partial charge in [0.2, 0.25) is 11.8 Å². The number of halogens is 1. The normalized spacial score (nSPS) is 16.6. The van der Waals surface area contributed by atoms with Crippen LogP contribution in [0.5, 0.6) is 0 Å². The summed E-state index contributed by atoms with van der Waals surface area (Å²) in [5.41, 5.74) is 6.84. The van der Waals surface area contributed by atoms with Crippen molar-refractivity contribution in [3.05, 3.63) is 41.7 Å². The number of carbonyl (C=O) groups excluding carboxylic acids is 2. The maximum Gasteiger partial charge on any atom is 0.246 e. The highest BCUT2D eigenvalue weighted by atomic mass is 19.1. The molecule has 4 nitrogen and oxygen atoms in total. The molecule has 1 aliphatic rings. The number of benzene rings is 1. The predicted molar refractivity (Wildman–Crippen MR) is 83.2 cm³/mol. The Morgan fingerprint density at radius 2 is 1.86 bits per heavy atom. The number of amides is 2. The van der Waals surface area contributed by atoms with Crippen LogP contribution in [0.15, 0.2) is 30.3 Å². The Balaban J connectivity index is 1.93. The number of primary amides is 1. The first-order valence-electron chi connectivity index (χ1n) is 7.47. The van der Waals surface area contributed by atoms with Crippen molar-refractivity contribution in [2.24, 2.45) is 11.7 Å². The molecule has 0 radical (unpaired) electrons. The molecular weight excluding hydrogens is 283 g/mol. The van der Waals surface area contributed by atoms with E-state index < -0.39 is 0 Å². The quantitative estimate of drug-likeness (QED) is 0.868. The summed E-state index contributed by atoms with van der Waals surface area (Å²) in [5, 5.41) is 0. The number of carbonyl (C=O) groups is 2. The molecule has 5 heteroatoms. The van der Waals surface area contributed by atoms with E-state index >= 15 is 0 Å². The number of nitrogens with zero attached hydrogens (tertiary/aromatic N) is 1. The topological polar surface area (TPSA) is 63.4 Å². The maximum atomic E-state index is 12.9. The van der Waals surface area contributed by atoms with E-state index in [2.05, 4.69) is 0 Å². The van der Waals surface area contributed by atoms with Gasteiger partial charge in [-0.05, 0) is 49.0 Å². The second-order valence-electron chi connectivity index (χ2n) is 5.77.